The largest absolute Gasteiger partial charge is 0.504 e. The van der Waals surface area contributed by atoms with Crippen LogP contribution in [0.4, 0.5) is 5.95 Å². The Morgan fingerprint density at radius 1 is 1.45 bits per heavy atom. The van der Waals surface area contributed by atoms with Gasteiger partial charge >= 0.3 is 5.97 Å². The van der Waals surface area contributed by atoms with Gasteiger partial charge in [0.1, 0.15) is 17.6 Å². The minimum Gasteiger partial charge on any atom is -0.504 e. The Bertz CT molecular complexity index is 781. The number of anilines is 1. The number of benzene rings is 1. The van der Waals surface area contributed by atoms with Crippen molar-refractivity contribution in [1.29, 1.82) is 0 Å². The molecule has 0 saturated heterocycles. The van der Waals surface area contributed by atoms with E-state index in [2.05, 4.69) is 15.4 Å². The smallest absolute Gasteiger partial charge is 0.352 e. The molecule has 8 nitrogen and oxygen atoms in total. The maximum absolute atomic E-state index is 11.3. The fourth-order valence-electron chi connectivity index (χ4n) is 2.34. The highest BCUT2D eigenvalue weighted by molar-refractivity contribution is 5.90. The molecule has 0 saturated carbocycles. The van der Waals surface area contributed by atoms with E-state index in [0.29, 0.717) is 17.5 Å². The van der Waals surface area contributed by atoms with E-state index >= 15 is 0 Å². The van der Waals surface area contributed by atoms with Gasteiger partial charge in [-0.15, -0.1) is 0 Å². The monoisotopic (exact) mass is 302 g/mol. The van der Waals surface area contributed by atoms with Crippen molar-refractivity contribution >= 4 is 11.9 Å². The van der Waals surface area contributed by atoms with Crippen LogP contribution < -0.4 is 10.1 Å². The van der Waals surface area contributed by atoms with Crippen molar-refractivity contribution in [2.24, 2.45) is 0 Å². The summed E-state index contributed by atoms with van der Waals surface area (Å²) in [6, 6.07) is 4.36. The van der Waals surface area contributed by atoms with Crippen molar-refractivity contribution in [2.75, 3.05) is 12.4 Å². The highest BCUT2D eigenvalue weighted by Crippen LogP contribution is 2.34. The number of aryl methyl sites for hydroxylation is 1. The van der Waals surface area contributed by atoms with Crippen LogP contribution in [-0.4, -0.2) is 38.1 Å². The van der Waals surface area contributed by atoms with Crippen LogP contribution in [0, 0.1) is 6.92 Å². The molecule has 0 amide bonds. The number of rotatable bonds is 3. The molecule has 114 valence electrons. The van der Waals surface area contributed by atoms with E-state index in [1.165, 1.54) is 19.3 Å². The predicted molar refractivity (Wildman–Crippen MR) is 76.9 cm³/mol. The Balaban J connectivity index is 2.13. The number of hydrogen-bond acceptors (Lipinski definition) is 6. The second-order valence-corrected chi connectivity index (χ2v) is 4.81. The molecule has 8 heteroatoms. The minimum atomic E-state index is -1.08. The van der Waals surface area contributed by atoms with Gasteiger partial charge in [-0.1, -0.05) is 6.07 Å². The lowest BCUT2D eigenvalue weighted by Gasteiger charge is -2.22. The Kier molecular flexibility index (Phi) is 3.21. The Morgan fingerprint density at radius 3 is 2.91 bits per heavy atom. The van der Waals surface area contributed by atoms with Gasteiger partial charge in [-0.25, -0.2) is 9.48 Å². The number of carboxylic acids is 1. The number of fused-ring (bicyclic) bond motifs is 1. The van der Waals surface area contributed by atoms with Crippen LogP contribution in [-0.2, 0) is 4.79 Å². The number of allylic oxidation sites excluding steroid dienone is 1. The van der Waals surface area contributed by atoms with E-state index in [0.717, 1.165) is 5.56 Å². The zero-order chi connectivity index (χ0) is 15.9. The standard InChI is InChI=1S/C14H14N4O4/c1-7-15-14-16-9(13(20)21)6-10(18(14)17-7)8-3-4-11(19)12(5-8)22-2/h3-6,10,19H,1-2H3,(H,20,21)(H,15,16,17). The quantitative estimate of drug-likeness (QED) is 0.783. The van der Waals surface area contributed by atoms with Crippen LogP contribution in [0.15, 0.2) is 30.0 Å². The number of nitrogens with zero attached hydrogens (tertiary/aromatic N) is 3. The number of phenolic OH excluding ortho intramolecular Hbond substituents is 1. The molecule has 0 aliphatic carbocycles. The fraction of sp³-hybridized carbons (Fsp3) is 0.214. The van der Waals surface area contributed by atoms with E-state index in [-0.39, 0.29) is 11.4 Å². The van der Waals surface area contributed by atoms with E-state index < -0.39 is 12.0 Å². The lowest BCUT2D eigenvalue weighted by atomic mass is 10.0. The summed E-state index contributed by atoms with van der Waals surface area (Å²) in [5.41, 5.74) is 0.748. The number of methoxy groups -OCH3 is 1. The van der Waals surface area contributed by atoms with Crippen molar-refractivity contribution in [2.45, 2.75) is 13.0 Å². The highest BCUT2D eigenvalue weighted by Gasteiger charge is 2.27. The molecule has 0 bridgehead atoms. The van der Waals surface area contributed by atoms with Gasteiger partial charge in [-0.05, 0) is 30.7 Å². The second-order valence-electron chi connectivity index (χ2n) is 4.81. The second kappa shape index (κ2) is 5.06. The van der Waals surface area contributed by atoms with Gasteiger partial charge in [0.05, 0.1) is 7.11 Å². The van der Waals surface area contributed by atoms with E-state index in [4.69, 9.17) is 4.74 Å². The molecule has 1 aliphatic heterocycles. The molecule has 1 aromatic carbocycles. The number of phenols is 1. The third kappa shape index (κ3) is 2.24. The molecular weight excluding hydrogens is 288 g/mol. The summed E-state index contributed by atoms with van der Waals surface area (Å²) in [6.07, 6.45) is 1.54. The molecule has 3 rings (SSSR count). The number of hydrogen-bond donors (Lipinski definition) is 3. The number of nitrogens with one attached hydrogen (secondary N) is 1. The van der Waals surface area contributed by atoms with Crippen LogP contribution in [0.5, 0.6) is 11.5 Å². The molecule has 1 atom stereocenters. The third-order valence-electron chi connectivity index (χ3n) is 3.35. The van der Waals surface area contributed by atoms with Crippen LogP contribution in [0.1, 0.15) is 17.4 Å². The van der Waals surface area contributed by atoms with Crippen LogP contribution in [0.25, 0.3) is 0 Å². The summed E-state index contributed by atoms with van der Waals surface area (Å²) in [7, 11) is 1.45. The molecule has 2 heterocycles. The van der Waals surface area contributed by atoms with Crippen molar-refractivity contribution < 1.29 is 19.7 Å². The van der Waals surface area contributed by atoms with Crippen molar-refractivity contribution in [3.63, 3.8) is 0 Å². The average Bonchev–Trinajstić information content (AvgIpc) is 2.86. The SMILES string of the molecule is COc1cc(C2C=C(C(=O)O)Nc3nc(C)nn32)ccc1O. The number of aromatic nitrogens is 3. The molecule has 1 aliphatic rings. The fourth-order valence-corrected chi connectivity index (χ4v) is 2.34. The normalized spacial score (nSPS) is 16.5. The minimum absolute atomic E-state index is 0.0117. The first kappa shape index (κ1) is 13.9. The summed E-state index contributed by atoms with van der Waals surface area (Å²) in [5.74, 6) is 0.118. The average molecular weight is 302 g/mol. The lowest BCUT2D eigenvalue weighted by molar-refractivity contribution is -0.132. The van der Waals surface area contributed by atoms with Crippen LogP contribution in [0.3, 0.4) is 0 Å². The number of carbonyl (C=O) groups is 1. The van der Waals surface area contributed by atoms with Crippen molar-refractivity contribution in [1.82, 2.24) is 14.8 Å². The summed E-state index contributed by atoms with van der Waals surface area (Å²) in [5, 5.41) is 25.9. The number of carboxylic acid groups (broad SMARTS) is 1. The molecule has 1 aromatic heterocycles. The van der Waals surface area contributed by atoms with E-state index in [1.807, 2.05) is 0 Å². The summed E-state index contributed by atoms with van der Waals surface area (Å²) in [6.45, 7) is 1.72. The first-order valence-corrected chi connectivity index (χ1v) is 6.52. The summed E-state index contributed by atoms with van der Waals surface area (Å²) in [4.78, 5) is 15.4. The van der Waals surface area contributed by atoms with E-state index in [1.54, 1.807) is 23.7 Å². The maximum atomic E-state index is 11.3. The van der Waals surface area contributed by atoms with Crippen molar-refractivity contribution in [3.05, 3.63) is 41.4 Å². The lowest BCUT2D eigenvalue weighted by Crippen LogP contribution is -2.24. The van der Waals surface area contributed by atoms with Gasteiger partial charge in [0.15, 0.2) is 11.5 Å². The molecule has 22 heavy (non-hydrogen) atoms. The van der Waals surface area contributed by atoms with Crippen LogP contribution in [0.2, 0.25) is 0 Å². The molecular formula is C14H14N4O4. The molecule has 3 N–H and O–H groups in total. The summed E-state index contributed by atoms with van der Waals surface area (Å²) < 4.78 is 6.69. The number of aromatic hydroxyl groups is 1. The van der Waals surface area contributed by atoms with Gasteiger partial charge in [0.2, 0.25) is 5.95 Å². The Morgan fingerprint density at radius 2 is 2.23 bits per heavy atom. The predicted octanol–water partition coefficient (Wildman–Crippen LogP) is 1.28. The van der Waals surface area contributed by atoms with Crippen molar-refractivity contribution in [3.8, 4) is 11.5 Å². The first-order valence-electron chi connectivity index (χ1n) is 6.52. The Labute approximate surface area is 125 Å². The third-order valence-corrected chi connectivity index (χ3v) is 3.35. The molecule has 2 aromatic rings. The van der Waals surface area contributed by atoms with E-state index in [9.17, 15) is 15.0 Å². The molecule has 1 unspecified atom stereocenters. The molecule has 0 fully saturated rings. The van der Waals surface area contributed by atoms with Gasteiger partial charge in [0, 0.05) is 0 Å². The zero-order valence-corrected chi connectivity index (χ0v) is 11.9. The van der Waals surface area contributed by atoms with Gasteiger partial charge in [-0.3, -0.25) is 0 Å². The molecule has 0 spiro atoms. The summed E-state index contributed by atoms with van der Waals surface area (Å²) >= 11 is 0. The zero-order valence-electron chi connectivity index (χ0n) is 11.9. The van der Waals surface area contributed by atoms with Gasteiger partial charge in [-0.2, -0.15) is 10.1 Å². The highest BCUT2D eigenvalue weighted by atomic mass is 16.5. The first-order chi connectivity index (χ1) is 10.5. The van der Waals surface area contributed by atoms with Gasteiger partial charge < -0.3 is 20.3 Å². The number of aliphatic carboxylic acids is 1. The topological polar surface area (TPSA) is 110 Å². The van der Waals surface area contributed by atoms with Gasteiger partial charge in [0.25, 0.3) is 0 Å². The molecule has 0 radical (unpaired) electrons. The maximum Gasteiger partial charge on any atom is 0.352 e. The number of ether oxygens (including phenoxy) is 1. The Hall–Kier alpha value is -3.03. The van der Waals surface area contributed by atoms with Crippen LogP contribution >= 0.6 is 0 Å².